The monoisotopic (exact) mass is 382 g/mol. The van der Waals surface area contributed by atoms with Gasteiger partial charge < -0.3 is 10.3 Å². The molecule has 6 nitrogen and oxygen atoms in total. The van der Waals surface area contributed by atoms with Crippen LogP contribution < -0.4 is 5.73 Å². The average molecular weight is 383 g/mol. The number of hydrogen-bond acceptors (Lipinski definition) is 5. The topological polar surface area (TPSA) is 85.3 Å². The van der Waals surface area contributed by atoms with E-state index in [2.05, 4.69) is 21.1 Å². The lowest BCUT2D eigenvalue weighted by molar-refractivity contribution is -0.117. The fraction of sp³-hybridized carbons (Fsp3) is 0.250. The summed E-state index contributed by atoms with van der Waals surface area (Å²) in [5, 5.41) is 4.70. The predicted octanol–water partition coefficient (Wildman–Crippen LogP) is 2.98. The Labute approximate surface area is 161 Å². The van der Waals surface area contributed by atoms with Crippen LogP contribution in [0.2, 0.25) is 5.02 Å². The van der Waals surface area contributed by atoms with Crippen molar-refractivity contribution in [1.82, 2.24) is 15.0 Å². The van der Waals surface area contributed by atoms with Crippen LogP contribution in [0.25, 0.3) is 11.4 Å². The maximum atomic E-state index is 11.3. The molecule has 0 saturated carbocycles. The molecule has 27 heavy (non-hydrogen) atoms. The Bertz CT molecular complexity index is 986. The number of nitrogens with zero attached hydrogens (tertiary/aromatic N) is 3. The lowest BCUT2D eigenvalue weighted by atomic mass is 9.93. The van der Waals surface area contributed by atoms with Crippen molar-refractivity contribution in [2.45, 2.75) is 25.9 Å². The van der Waals surface area contributed by atoms with E-state index in [1.165, 1.54) is 11.1 Å². The maximum absolute atomic E-state index is 11.3. The summed E-state index contributed by atoms with van der Waals surface area (Å²) in [5.41, 5.74) is 9.67. The van der Waals surface area contributed by atoms with E-state index >= 15 is 0 Å². The van der Waals surface area contributed by atoms with Gasteiger partial charge in [0.1, 0.15) is 0 Å². The average Bonchev–Trinajstić information content (AvgIpc) is 3.10. The summed E-state index contributed by atoms with van der Waals surface area (Å²) >= 11 is 6.03. The van der Waals surface area contributed by atoms with E-state index in [4.69, 9.17) is 21.9 Å². The van der Waals surface area contributed by atoms with Crippen LogP contribution >= 0.6 is 11.6 Å². The van der Waals surface area contributed by atoms with E-state index in [0.717, 1.165) is 30.6 Å². The number of rotatable bonds is 5. The standard InChI is InChI=1S/C20H19ClN4O2/c21-16-6-2-4-14(9-16)20-23-19(27-24-20)12-25-8-7-17-13(10-18(22)26)3-1-5-15(17)11-25/h1-6,9H,7-8,10-12H2,(H2,22,26). The Kier molecular flexibility index (Phi) is 4.92. The van der Waals surface area contributed by atoms with E-state index in [9.17, 15) is 4.79 Å². The van der Waals surface area contributed by atoms with E-state index in [1.807, 2.05) is 36.4 Å². The third-order valence-corrected chi connectivity index (χ3v) is 4.95. The zero-order chi connectivity index (χ0) is 18.8. The number of fused-ring (bicyclic) bond motifs is 1. The number of carbonyl (C=O) groups excluding carboxylic acids is 1. The number of halogens is 1. The SMILES string of the molecule is NC(=O)Cc1cccc2c1CCN(Cc1nc(-c3cccc(Cl)c3)no1)C2. The van der Waals surface area contributed by atoms with Gasteiger partial charge in [0.2, 0.25) is 17.6 Å². The predicted molar refractivity (Wildman–Crippen MR) is 102 cm³/mol. The third kappa shape index (κ3) is 4.02. The summed E-state index contributed by atoms with van der Waals surface area (Å²) in [7, 11) is 0. The van der Waals surface area contributed by atoms with Gasteiger partial charge in [-0.05, 0) is 35.2 Å². The smallest absolute Gasteiger partial charge is 0.241 e. The van der Waals surface area contributed by atoms with Crippen molar-refractivity contribution >= 4 is 17.5 Å². The van der Waals surface area contributed by atoms with Gasteiger partial charge in [-0.3, -0.25) is 9.69 Å². The lowest BCUT2D eigenvalue weighted by Crippen LogP contribution is -2.31. The minimum absolute atomic E-state index is 0.288. The molecule has 2 aromatic carbocycles. The van der Waals surface area contributed by atoms with Crippen LogP contribution in [0.5, 0.6) is 0 Å². The quantitative estimate of drug-likeness (QED) is 0.733. The third-order valence-electron chi connectivity index (χ3n) is 4.72. The van der Waals surface area contributed by atoms with Gasteiger partial charge in [0.05, 0.1) is 13.0 Å². The minimum Gasteiger partial charge on any atom is -0.369 e. The summed E-state index contributed by atoms with van der Waals surface area (Å²) in [6.45, 7) is 2.21. The number of benzene rings is 2. The molecule has 0 bridgehead atoms. The normalized spacial score (nSPS) is 14.1. The van der Waals surface area contributed by atoms with Gasteiger partial charge in [0, 0.05) is 23.7 Å². The Hall–Kier alpha value is -2.70. The van der Waals surface area contributed by atoms with Crippen LogP contribution in [-0.2, 0) is 30.7 Å². The number of aromatic nitrogens is 2. The second-order valence-electron chi connectivity index (χ2n) is 6.68. The summed E-state index contributed by atoms with van der Waals surface area (Å²) in [4.78, 5) is 18.0. The zero-order valence-electron chi connectivity index (χ0n) is 14.7. The second kappa shape index (κ2) is 7.50. The highest BCUT2D eigenvalue weighted by Gasteiger charge is 2.21. The first-order valence-electron chi connectivity index (χ1n) is 8.77. The summed E-state index contributed by atoms with van der Waals surface area (Å²) in [6, 6.07) is 13.4. The van der Waals surface area contributed by atoms with Crippen molar-refractivity contribution in [2.24, 2.45) is 5.73 Å². The molecule has 0 aliphatic carbocycles. The van der Waals surface area contributed by atoms with E-state index in [0.29, 0.717) is 23.3 Å². The van der Waals surface area contributed by atoms with Crippen molar-refractivity contribution < 1.29 is 9.32 Å². The highest BCUT2D eigenvalue weighted by molar-refractivity contribution is 6.30. The minimum atomic E-state index is -0.301. The second-order valence-corrected chi connectivity index (χ2v) is 7.12. The number of amides is 1. The van der Waals surface area contributed by atoms with Gasteiger partial charge in [-0.2, -0.15) is 4.98 Å². The van der Waals surface area contributed by atoms with Crippen molar-refractivity contribution in [3.8, 4) is 11.4 Å². The van der Waals surface area contributed by atoms with Gasteiger partial charge in [-0.25, -0.2) is 0 Å². The number of hydrogen-bond donors (Lipinski definition) is 1. The molecule has 1 aromatic heterocycles. The zero-order valence-corrected chi connectivity index (χ0v) is 15.4. The van der Waals surface area contributed by atoms with E-state index in [1.54, 1.807) is 0 Å². The van der Waals surface area contributed by atoms with Crippen molar-refractivity contribution in [2.75, 3.05) is 6.54 Å². The first-order chi connectivity index (χ1) is 13.1. The van der Waals surface area contributed by atoms with E-state index < -0.39 is 0 Å². The van der Waals surface area contributed by atoms with Crippen molar-refractivity contribution in [1.29, 1.82) is 0 Å². The van der Waals surface area contributed by atoms with Gasteiger partial charge in [0.25, 0.3) is 0 Å². The van der Waals surface area contributed by atoms with Gasteiger partial charge in [0.15, 0.2) is 0 Å². The molecule has 2 N–H and O–H groups in total. The van der Waals surface area contributed by atoms with Crippen LogP contribution in [0.3, 0.4) is 0 Å². The van der Waals surface area contributed by atoms with Gasteiger partial charge >= 0.3 is 0 Å². The summed E-state index contributed by atoms with van der Waals surface area (Å²) in [6.07, 6.45) is 1.16. The van der Waals surface area contributed by atoms with Gasteiger partial charge in [-0.1, -0.05) is 47.1 Å². The first kappa shape index (κ1) is 17.7. The van der Waals surface area contributed by atoms with Crippen molar-refractivity contribution in [3.05, 3.63) is 70.1 Å². The van der Waals surface area contributed by atoms with Crippen LogP contribution in [0.15, 0.2) is 47.0 Å². The van der Waals surface area contributed by atoms with Crippen LogP contribution in [-0.4, -0.2) is 27.5 Å². The molecule has 0 radical (unpaired) electrons. The summed E-state index contributed by atoms with van der Waals surface area (Å²) in [5.74, 6) is 0.806. The molecule has 2 heterocycles. The maximum Gasteiger partial charge on any atom is 0.241 e. The Morgan fingerprint density at radius 1 is 1.26 bits per heavy atom. The molecule has 0 atom stereocenters. The van der Waals surface area contributed by atoms with Gasteiger partial charge in [-0.15, -0.1) is 0 Å². The molecule has 1 amide bonds. The molecule has 3 aromatic rings. The Morgan fingerprint density at radius 3 is 2.93 bits per heavy atom. The molecule has 1 aliphatic heterocycles. The Morgan fingerprint density at radius 2 is 2.11 bits per heavy atom. The molecular formula is C20H19ClN4O2. The molecule has 0 spiro atoms. The molecule has 1 aliphatic rings. The highest BCUT2D eigenvalue weighted by Crippen LogP contribution is 2.25. The molecule has 138 valence electrons. The lowest BCUT2D eigenvalue weighted by Gasteiger charge is -2.28. The Balaban J connectivity index is 1.47. The number of carbonyl (C=O) groups is 1. The molecule has 0 fully saturated rings. The largest absolute Gasteiger partial charge is 0.369 e. The highest BCUT2D eigenvalue weighted by atomic mass is 35.5. The molecule has 4 rings (SSSR count). The number of primary amides is 1. The molecule has 7 heteroatoms. The fourth-order valence-electron chi connectivity index (χ4n) is 3.49. The van der Waals surface area contributed by atoms with Crippen molar-refractivity contribution in [3.63, 3.8) is 0 Å². The van der Waals surface area contributed by atoms with Crippen LogP contribution in [0.4, 0.5) is 0 Å². The summed E-state index contributed by atoms with van der Waals surface area (Å²) < 4.78 is 5.42. The van der Waals surface area contributed by atoms with Crippen LogP contribution in [0, 0.1) is 0 Å². The van der Waals surface area contributed by atoms with E-state index in [-0.39, 0.29) is 12.3 Å². The number of nitrogens with two attached hydrogens (primary N) is 1. The molecule has 0 unspecified atom stereocenters. The van der Waals surface area contributed by atoms with Crippen LogP contribution in [0.1, 0.15) is 22.6 Å². The molecular weight excluding hydrogens is 364 g/mol. The molecule has 0 saturated heterocycles. The first-order valence-corrected chi connectivity index (χ1v) is 9.15. The fourth-order valence-corrected chi connectivity index (χ4v) is 3.68.